The Morgan fingerprint density at radius 3 is 2.83 bits per heavy atom. The van der Waals surface area contributed by atoms with Gasteiger partial charge in [0.2, 0.25) is 0 Å². The van der Waals surface area contributed by atoms with E-state index in [0.717, 1.165) is 25.2 Å². The van der Waals surface area contributed by atoms with Crippen LogP contribution in [0.4, 0.5) is 9.93 Å². The second kappa shape index (κ2) is 8.26. The molecule has 0 atom stereocenters. The molecule has 124 valence electrons. The van der Waals surface area contributed by atoms with E-state index in [-0.39, 0.29) is 6.03 Å². The van der Waals surface area contributed by atoms with Gasteiger partial charge >= 0.3 is 6.03 Å². The third kappa shape index (κ3) is 4.66. The number of rotatable bonds is 7. The van der Waals surface area contributed by atoms with E-state index in [1.54, 1.807) is 12.4 Å². The van der Waals surface area contributed by atoms with Crippen molar-refractivity contribution < 1.29 is 4.79 Å². The lowest BCUT2D eigenvalue weighted by atomic mass is 10.1. The van der Waals surface area contributed by atoms with Crippen molar-refractivity contribution in [2.75, 3.05) is 5.32 Å². The quantitative estimate of drug-likeness (QED) is 0.693. The third-order valence-electron chi connectivity index (χ3n) is 3.57. The van der Waals surface area contributed by atoms with Gasteiger partial charge in [0.05, 0.1) is 6.54 Å². The number of benzene rings is 1. The standard InChI is InChI=1S/C17H19N5OS/c23-16(21-17-19-9-12-24-17)20-13-15-18-8-11-22(15)10-4-7-14-5-2-1-3-6-14/h1-3,5-6,8-9,11-12H,4,7,10,13H2,(H2,19,20,21,23). The molecule has 0 saturated heterocycles. The predicted octanol–water partition coefficient (Wildman–Crippen LogP) is 3.29. The first kappa shape index (κ1) is 16.2. The molecule has 0 saturated carbocycles. The molecule has 0 bridgehead atoms. The number of imidazole rings is 1. The molecule has 7 heteroatoms. The van der Waals surface area contributed by atoms with Gasteiger partial charge in [-0.3, -0.25) is 5.32 Å². The summed E-state index contributed by atoms with van der Waals surface area (Å²) in [4.78, 5) is 20.2. The molecule has 2 heterocycles. The summed E-state index contributed by atoms with van der Waals surface area (Å²) in [6.07, 6.45) is 7.41. The molecule has 24 heavy (non-hydrogen) atoms. The maximum Gasteiger partial charge on any atom is 0.321 e. The average Bonchev–Trinajstić information content (AvgIpc) is 3.26. The van der Waals surface area contributed by atoms with Gasteiger partial charge in [0, 0.05) is 30.5 Å². The van der Waals surface area contributed by atoms with Crippen LogP contribution in [-0.4, -0.2) is 20.6 Å². The van der Waals surface area contributed by atoms with Crippen LogP contribution < -0.4 is 10.6 Å². The zero-order valence-electron chi connectivity index (χ0n) is 13.2. The van der Waals surface area contributed by atoms with Crippen molar-refractivity contribution in [2.24, 2.45) is 0 Å². The summed E-state index contributed by atoms with van der Waals surface area (Å²) >= 11 is 1.38. The van der Waals surface area contributed by atoms with Crippen molar-refractivity contribution in [3.05, 3.63) is 65.7 Å². The summed E-state index contributed by atoms with van der Waals surface area (Å²) in [6.45, 7) is 1.26. The zero-order chi connectivity index (χ0) is 16.6. The van der Waals surface area contributed by atoms with E-state index in [0.29, 0.717) is 11.7 Å². The van der Waals surface area contributed by atoms with Gasteiger partial charge in [-0.25, -0.2) is 14.8 Å². The summed E-state index contributed by atoms with van der Waals surface area (Å²) < 4.78 is 2.08. The van der Waals surface area contributed by atoms with Crippen molar-refractivity contribution in [2.45, 2.75) is 25.9 Å². The number of nitrogens with one attached hydrogen (secondary N) is 2. The molecule has 3 aromatic rings. The normalized spacial score (nSPS) is 10.5. The number of hydrogen-bond donors (Lipinski definition) is 2. The molecule has 1 aromatic carbocycles. The first-order valence-corrected chi connectivity index (χ1v) is 8.67. The van der Waals surface area contributed by atoms with Crippen LogP contribution in [0.2, 0.25) is 0 Å². The maximum absolute atomic E-state index is 11.8. The van der Waals surface area contributed by atoms with Gasteiger partial charge < -0.3 is 9.88 Å². The number of aromatic nitrogens is 3. The van der Waals surface area contributed by atoms with E-state index in [1.165, 1.54) is 16.9 Å². The summed E-state index contributed by atoms with van der Waals surface area (Å²) in [5, 5.41) is 7.89. The van der Waals surface area contributed by atoms with Crippen LogP contribution in [0.3, 0.4) is 0 Å². The molecular formula is C17H19N5OS. The zero-order valence-corrected chi connectivity index (χ0v) is 14.0. The van der Waals surface area contributed by atoms with Crippen LogP contribution in [0.25, 0.3) is 0 Å². The van der Waals surface area contributed by atoms with Crippen molar-refractivity contribution in [1.29, 1.82) is 0 Å². The van der Waals surface area contributed by atoms with Crippen molar-refractivity contribution in [3.63, 3.8) is 0 Å². The minimum absolute atomic E-state index is 0.274. The Morgan fingerprint density at radius 1 is 1.17 bits per heavy atom. The molecule has 0 spiro atoms. The number of carbonyl (C=O) groups excluding carboxylic acids is 1. The maximum atomic E-state index is 11.8. The van der Waals surface area contributed by atoms with Gasteiger partial charge in [0.15, 0.2) is 5.13 Å². The Hall–Kier alpha value is -2.67. The number of aryl methyl sites for hydroxylation is 2. The molecular weight excluding hydrogens is 322 g/mol. The minimum Gasteiger partial charge on any atom is -0.333 e. The molecule has 3 rings (SSSR count). The highest BCUT2D eigenvalue weighted by atomic mass is 32.1. The molecule has 2 N–H and O–H groups in total. The predicted molar refractivity (Wildman–Crippen MR) is 95.0 cm³/mol. The lowest BCUT2D eigenvalue weighted by molar-refractivity contribution is 0.251. The number of hydrogen-bond acceptors (Lipinski definition) is 4. The van der Waals surface area contributed by atoms with E-state index in [1.807, 2.05) is 17.6 Å². The molecule has 0 aliphatic carbocycles. The monoisotopic (exact) mass is 341 g/mol. The van der Waals surface area contributed by atoms with Crippen molar-refractivity contribution in [1.82, 2.24) is 19.9 Å². The fraction of sp³-hybridized carbons (Fsp3) is 0.235. The van der Waals surface area contributed by atoms with Crippen LogP contribution in [0.1, 0.15) is 17.8 Å². The fourth-order valence-corrected chi connectivity index (χ4v) is 2.92. The van der Waals surface area contributed by atoms with E-state index in [4.69, 9.17) is 0 Å². The summed E-state index contributed by atoms with van der Waals surface area (Å²) in [5.74, 6) is 0.845. The highest BCUT2D eigenvalue weighted by molar-refractivity contribution is 7.13. The Balaban J connectivity index is 1.45. The molecule has 2 amide bonds. The van der Waals surface area contributed by atoms with Gasteiger partial charge in [0.1, 0.15) is 5.82 Å². The first-order chi connectivity index (χ1) is 11.8. The smallest absolute Gasteiger partial charge is 0.321 e. The van der Waals surface area contributed by atoms with Gasteiger partial charge in [-0.15, -0.1) is 11.3 Å². The van der Waals surface area contributed by atoms with Crippen molar-refractivity contribution >= 4 is 22.5 Å². The summed E-state index contributed by atoms with van der Waals surface area (Å²) in [6, 6.07) is 10.1. The van der Waals surface area contributed by atoms with Crippen LogP contribution in [0.5, 0.6) is 0 Å². The minimum atomic E-state index is -0.274. The molecule has 2 aromatic heterocycles. The average molecular weight is 341 g/mol. The molecule has 0 fully saturated rings. The molecule has 0 unspecified atom stereocenters. The Morgan fingerprint density at radius 2 is 2.04 bits per heavy atom. The van der Waals surface area contributed by atoms with Crippen molar-refractivity contribution in [3.8, 4) is 0 Å². The number of urea groups is 1. The van der Waals surface area contributed by atoms with E-state index in [2.05, 4.69) is 49.4 Å². The van der Waals surface area contributed by atoms with Gasteiger partial charge in [0.25, 0.3) is 0 Å². The fourth-order valence-electron chi connectivity index (χ4n) is 2.39. The molecule has 6 nitrogen and oxygen atoms in total. The van der Waals surface area contributed by atoms with Gasteiger partial charge in [-0.2, -0.15) is 0 Å². The molecule has 0 radical (unpaired) electrons. The second-order valence-electron chi connectivity index (χ2n) is 5.27. The third-order valence-corrected chi connectivity index (χ3v) is 4.26. The van der Waals surface area contributed by atoms with E-state index in [9.17, 15) is 4.79 Å². The van der Waals surface area contributed by atoms with Gasteiger partial charge in [-0.1, -0.05) is 30.3 Å². The topological polar surface area (TPSA) is 71.8 Å². The Kier molecular flexibility index (Phi) is 5.57. The van der Waals surface area contributed by atoms with Crippen LogP contribution in [0, 0.1) is 0 Å². The van der Waals surface area contributed by atoms with E-state index >= 15 is 0 Å². The number of thiazole rings is 1. The lowest BCUT2D eigenvalue weighted by Gasteiger charge is -2.09. The largest absolute Gasteiger partial charge is 0.333 e. The number of nitrogens with zero attached hydrogens (tertiary/aromatic N) is 3. The Labute approximate surface area is 144 Å². The highest BCUT2D eigenvalue weighted by Gasteiger charge is 2.07. The summed E-state index contributed by atoms with van der Waals surface area (Å²) in [5.41, 5.74) is 1.33. The SMILES string of the molecule is O=C(NCc1nccn1CCCc1ccccc1)Nc1nccs1. The van der Waals surface area contributed by atoms with Gasteiger partial charge in [-0.05, 0) is 18.4 Å². The Bertz CT molecular complexity index is 754. The lowest BCUT2D eigenvalue weighted by Crippen LogP contribution is -2.29. The number of anilines is 1. The highest BCUT2D eigenvalue weighted by Crippen LogP contribution is 2.10. The van der Waals surface area contributed by atoms with E-state index < -0.39 is 0 Å². The first-order valence-electron chi connectivity index (χ1n) is 7.79. The number of carbonyl (C=O) groups is 1. The number of amides is 2. The molecule has 0 aliphatic rings. The molecule has 0 aliphatic heterocycles. The second-order valence-corrected chi connectivity index (χ2v) is 6.17. The van der Waals surface area contributed by atoms with Crippen LogP contribution >= 0.6 is 11.3 Å². The summed E-state index contributed by atoms with van der Waals surface area (Å²) in [7, 11) is 0. The van der Waals surface area contributed by atoms with Crippen LogP contribution in [-0.2, 0) is 19.5 Å². The van der Waals surface area contributed by atoms with Crippen LogP contribution in [0.15, 0.2) is 54.3 Å².